The van der Waals surface area contributed by atoms with Crippen molar-refractivity contribution in [2.45, 2.75) is 20.0 Å². The molecule has 1 unspecified atom stereocenters. The molecule has 1 amide bonds. The summed E-state index contributed by atoms with van der Waals surface area (Å²) in [7, 11) is 1.20. The molecule has 3 rings (SSSR count). The molecule has 1 atom stereocenters. The fourth-order valence-corrected chi connectivity index (χ4v) is 3.37. The van der Waals surface area contributed by atoms with Crippen molar-refractivity contribution < 1.29 is 32.6 Å². The molecule has 7 nitrogen and oxygen atoms in total. The molecule has 2 N–H and O–H groups in total. The summed E-state index contributed by atoms with van der Waals surface area (Å²) in [6.07, 6.45) is -0.934. The molecule has 0 saturated heterocycles. The first-order valence-corrected chi connectivity index (χ1v) is 9.37. The van der Waals surface area contributed by atoms with Crippen LogP contribution in [0.5, 0.6) is 11.6 Å². The summed E-state index contributed by atoms with van der Waals surface area (Å²) < 4.78 is 45.5. The summed E-state index contributed by atoms with van der Waals surface area (Å²) in [6, 6.07) is 7.14. The maximum Gasteiger partial charge on any atom is 0.405 e. The van der Waals surface area contributed by atoms with Gasteiger partial charge in [-0.05, 0) is 31.4 Å². The summed E-state index contributed by atoms with van der Waals surface area (Å²) in [5.41, 5.74) is 3.95. The highest BCUT2D eigenvalue weighted by molar-refractivity contribution is 6.17. The first kappa shape index (κ1) is 21.9. The van der Waals surface area contributed by atoms with E-state index in [1.54, 1.807) is 25.1 Å². The summed E-state index contributed by atoms with van der Waals surface area (Å²) in [6.45, 7) is 3.47. The molecule has 9 heteroatoms. The number of methoxy groups -OCH3 is 1. The molecule has 0 aliphatic heterocycles. The largest absolute Gasteiger partial charge is 0.496 e. The quantitative estimate of drug-likeness (QED) is 0.561. The topological polar surface area (TPSA) is 101 Å². The van der Waals surface area contributed by atoms with Gasteiger partial charge in [-0.1, -0.05) is 12.1 Å². The van der Waals surface area contributed by atoms with Gasteiger partial charge in [-0.25, -0.2) is 18.6 Å². The van der Waals surface area contributed by atoms with Crippen LogP contribution in [-0.4, -0.2) is 30.6 Å². The zero-order valence-corrected chi connectivity index (χ0v) is 17.1. The number of amides is 1. The third-order valence-electron chi connectivity index (χ3n) is 4.66. The highest BCUT2D eigenvalue weighted by atomic mass is 19.1. The molecule has 0 spiro atoms. The first-order valence-electron chi connectivity index (χ1n) is 9.37. The van der Waals surface area contributed by atoms with Crippen LogP contribution < -0.4 is 15.2 Å². The maximum atomic E-state index is 15.4. The Morgan fingerprint density at radius 2 is 1.94 bits per heavy atom. The van der Waals surface area contributed by atoms with Gasteiger partial charge in [0.05, 0.1) is 24.8 Å². The molecule has 0 saturated carbocycles. The number of ketones is 1. The molecular formula is C22H20F2N2O5. The number of nitrogens with two attached hydrogens (primary N) is 1. The first-order chi connectivity index (χ1) is 14.8. The summed E-state index contributed by atoms with van der Waals surface area (Å²) >= 11 is 0. The lowest BCUT2D eigenvalue weighted by molar-refractivity contribution is 0.102. The zero-order valence-electron chi connectivity index (χ0n) is 17.1. The molecule has 1 heterocycles. The van der Waals surface area contributed by atoms with E-state index < -0.39 is 35.2 Å². The number of halogens is 2. The number of carbonyl (C=O) groups is 2. The van der Waals surface area contributed by atoms with Crippen molar-refractivity contribution in [1.29, 1.82) is 0 Å². The summed E-state index contributed by atoms with van der Waals surface area (Å²) in [4.78, 5) is 28.5. The number of rotatable bonds is 7. The van der Waals surface area contributed by atoms with Gasteiger partial charge in [0.15, 0.2) is 5.78 Å². The number of hydrogen-bond acceptors (Lipinski definition) is 6. The average Bonchev–Trinajstić information content (AvgIpc) is 2.72. The average molecular weight is 430 g/mol. The van der Waals surface area contributed by atoms with Gasteiger partial charge in [0, 0.05) is 23.2 Å². The van der Waals surface area contributed by atoms with Crippen LogP contribution in [0.3, 0.4) is 0 Å². The van der Waals surface area contributed by atoms with Crippen LogP contribution in [0.15, 0.2) is 36.5 Å². The number of benzene rings is 2. The van der Waals surface area contributed by atoms with E-state index in [0.29, 0.717) is 23.3 Å². The number of ether oxygens (including phenoxy) is 3. The van der Waals surface area contributed by atoms with Crippen molar-refractivity contribution in [2.75, 3.05) is 13.7 Å². The highest BCUT2D eigenvalue weighted by Crippen LogP contribution is 2.36. The number of carbonyl (C=O) groups excluding carboxylic acids is 2. The number of hydrogen-bond donors (Lipinski definition) is 1. The molecule has 0 radical (unpaired) electrons. The number of nitrogens with zero attached hydrogens (tertiary/aromatic N) is 1. The Hall–Kier alpha value is -3.75. The van der Waals surface area contributed by atoms with E-state index in [1.165, 1.54) is 26.3 Å². The second kappa shape index (κ2) is 8.95. The Balaban J connectivity index is 2.21. The van der Waals surface area contributed by atoms with Crippen molar-refractivity contribution in [3.05, 3.63) is 64.9 Å². The van der Waals surface area contributed by atoms with Gasteiger partial charge in [-0.15, -0.1) is 0 Å². The van der Waals surface area contributed by atoms with Crippen LogP contribution in [0, 0.1) is 11.6 Å². The standard InChI is InChI=1S/C22H20F2N2O5/c1-4-30-21-14-7-5-6-13(12(14)8-9-26-21)20(27)18-15(23)10-16(29-3)17(19(18)24)11(2)31-22(25)28/h5-11H,4H2,1-3H3,(H2,25,28). The van der Waals surface area contributed by atoms with Crippen LogP contribution in [0.2, 0.25) is 0 Å². The SMILES string of the molecule is CCOc1nccc2c(C(=O)c3c(F)cc(OC)c(C(C)OC(N)=O)c3F)cccc12. The van der Waals surface area contributed by atoms with Crippen LogP contribution >= 0.6 is 0 Å². The second-order valence-corrected chi connectivity index (χ2v) is 6.52. The molecule has 2 aromatic carbocycles. The fourth-order valence-electron chi connectivity index (χ4n) is 3.37. The third-order valence-corrected chi connectivity index (χ3v) is 4.66. The van der Waals surface area contributed by atoms with Crippen molar-refractivity contribution in [2.24, 2.45) is 5.73 Å². The van der Waals surface area contributed by atoms with Gasteiger partial charge < -0.3 is 19.9 Å². The van der Waals surface area contributed by atoms with Crippen molar-refractivity contribution in [3.8, 4) is 11.6 Å². The summed E-state index contributed by atoms with van der Waals surface area (Å²) in [5.74, 6) is -3.14. The molecule has 0 bridgehead atoms. The van der Waals surface area contributed by atoms with Gasteiger partial charge in [-0.2, -0.15) is 0 Å². The smallest absolute Gasteiger partial charge is 0.405 e. The Morgan fingerprint density at radius 3 is 2.58 bits per heavy atom. The van der Waals surface area contributed by atoms with E-state index in [1.807, 2.05) is 0 Å². The van der Waals surface area contributed by atoms with E-state index in [2.05, 4.69) is 4.98 Å². The number of fused-ring (bicyclic) bond motifs is 1. The number of pyridine rings is 1. The Morgan fingerprint density at radius 1 is 1.19 bits per heavy atom. The molecular weight excluding hydrogens is 410 g/mol. The van der Waals surface area contributed by atoms with Gasteiger partial charge in [0.2, 0.25) is 5.88 Å². The molecule has 1 aromatic heterocycles. The van der Waals surface area contributed by atoms with Gasteiger partial charge >= 0.3 is 6.09 Å². The normalized spacial score (nSPS) is 11.8. The second-order valence-electron chi connectivity index (χ2n) is 6.52. The molecule has 31 heavy (non-hydrogen) atoms. The van der Waals surface area contributed by atoms with E-state index in [9.17, 15) is 14.0 Å². The number of primary amides is 1. The van der Waals surface area contributed by atoms with Gasteiger partial charge in [0.25, 0.3) is 0 Å². The van der Waals surface area contributed by atoms with Crippen molar-refractivity contribution in [1.82, 2.24) is 4.98 Å². The van der Waals surface area contributed by atoms with Gasteiger partial charge in [0.1, 0.15) is 23.5 Å². The van der Waals surface area contributed by atoms with Crippen LogP contribution in [0.1, 0.15) is 41.4 Å². The predicted octanol–water partition coefficient (Wildman–Crippen LogP) is 4.31. The van der Waals surface area contributed by atoms with E-state index in [-0.39, 0.29) is 16.9 Å². The van der Waals surface area contributed by atoms with Crippen LogP contribution in [0.25, 0.3) is 10.8 Å². The lowest BCUT2D eigenvalue weighted by atomic mass is 9.94. The van der Waals surface area contributed by atoms with Crippen molar-refractivity contribution >= 4 is 22.6 Å². The lowest BCUT2D eigenvalue weighted by Gasteiger charge is -2.19. The zero-order chi connectivity index (χ0) is 22.7. The van der Waals surface area contributed by atoms with E-state index >= 15 is 4.39 Å². The Bertz CT molecular complexity index is 1170. The minimum Gasteiger partial charge on any atom is -0.496 e. The molecule has 0 aliphatic rings. The summed E-state index contributed by atoms with van der Waals surface area (Å²) in [5, 5.41) is 0.943. The molecule has 3 aromatic rings. The minimum absolute atomic E-state index is 0.0539. The molecule has 0 fully saturated rings. The van der Waals surface area contributed by atoms with E-state index in [0.717, 1.165) is 6.07 Å². The van der Waals surface area contributed by atoms with Gasteiger partial charge in [-0.3, -0.25) is 4.79 Å². The monoisotopic (exact) mass is 430 g/mol. The van der Waals surface area contributed by atoms with Crippen LogP contribution in [-0.2, 0) is 4.74 Å². The molecule has 0 aliphatic carbocycles. The minimum atomic E-state index is -1.22. The maximum absolute atomic E-state index is 15.4. The molecule has 162 valence electrons. The van der Waals surface area contributed by atoms with E-state index in [4.69, 9.17) is 19.9 Å². The Labute approximate surface area is 176 Å². The van der Waals surface area contributed by atoms with Crippen molar-refractivity contribution in [3.63, 3.8) is 0 Å². The van der Waals surface area contributed by atoms with Crippen LogP contribution in [0.4, 0.5) is 13.6 Å². The number of aromatic nitrogens is 1. The fraction of sp³-hybridized carbons (Fsp3) is 0.227. The Kier molecular flexibility index (Phi) is 6.33. The highest BCUT2D eigenvalue weighted by Gasteiger charge is 2.30. The third kappa shape index (κ3) is 4.11. The lowest BCUT2D eigenvalue weighted by Crippen LogP contribution is -2.19. The predicted molar refractivity (Wildman–Crippen MR) is 108 cm³/mol.